The number of rotatable bonds is 2. The summed E-state index contributed by atoms with van der Waals surface area (Å²) < 4.78 is 10.4. The zero-order chi connectivity index (χ0) is 12.4. The zero-order valence-corrected chi connectivity index (χ0v) is 10.6. The van der Waals surface area contributed by atoms with E-state index in [-0.39, 0.29) is 0 Å². The highest BCUT2D eigenvalue weighted by Crippen LogP contribution is 2.36. The minimum Gasteiger partial charge on any atom is -0.475 e. The van der Waals surface area contributed by atoms with Crippen molar-refractivity contribution in [2.45, 2.75) is 13.0 Å². The molecule has 0 spiro atoms. The molecule has 1 N–H and O–H groups in total. The molecule has 0 amide bonds. The van der Waals surface area contributed by atoms with Crippen LogP contribution >= 0.6 is 23.2 Å². The van der Waals surface area contributed by atoms with E-state index < -0.39 is 12.1 Å². The van der Waals surface area contributed by atoms with Crippen LogP contribution in [-0.4, -0.2) is 25.2 Å². The minimum absolute atomic E-state index is 0.326. The van der Waals surface area contributed by atoms with Crippen LogP contribution in [0.15, 0.2) is 12.1 Å². The molecule has 17 heavy (non-hydrogen) atoms. The molecule has 1 atom stereocenters. The van der Waals surface area contributed by atoms with Gasteiger partial charge in [0.15, 0.2) is 0 Å². The highest BCUT2D eigenvalue weighted by Gasteiger charge is 2.27. The van der Waals surface area contributed by atoms with Gasteiger partial charge in [-0.1, -0.05) is 23.2 Å². The Morgan fingerprint density at radius 2 is 2.24 bits per heavy atom. The minimum atomic E-state index is -0.653. The number of hydrogen-bond acceptors (Lipinski definition) is 4. The second-order valence-corrected chi connectivity index (χ2v) is 4.32. The first-order valence-corrected chi connectivity index (χ1v) is 5.93. The molecule has 0 radical (unpaired) electrons. The molecule has 2 rings (SSSR count). The molecule has 1 aromatic rings. The first-order valence-electron chi connectivity index (χ1n) is 5.18. The second-order valence-electron chi connectivity index (χ2n) is 3.50. The Kier molecular flexibility index (Phi) is 3.64. The van der Waals surface area contributed by atoms with Crippen molar-refractivity contribution in [1.29, 1.82) is 0 Å². The van der Waals surface area contributed by atoms with Crippen LogP contribution in [0.5, 0.6) is 5.75 Å². The van der Waals surface area contributed by atoms with Crippen LogP contribution in [0.3, 0.4) is 0 Å². The molecule has 0 bridgehead atoms. The first kappa shape index (κ1) is 12.3. The summed E-state index contributed by atoms with van der Waals surface area (Å²) in [5, 5.41) is 3.88. The van der Waals surface area contributed by atoms with E-state index >= 15 is 0 Å². The van der Waals surface area contributed by atoms with Crippen LogP contribution in [0.2, 0.25) is 10.0 Å². The van der Waals surface area contributed by atoms with Crippen molar-refractivity contribution in [2.24, 2.45) is 0 Å². The molecule has 0 saturated heterocycles. The Morgan fingerprint density at radius 3 is 2.94 bits per heavy atom. The molecule has 4 nitrogen and oxygen atoms in total. The van der Waals surface area contributed by atoms with Crippen molar-refractivity contribution in [3.8, 4) is 5.75 Å². The summed E-state index contributed by atoms with van der Waals surface area (Å²) in [4.78, 5) is 11.5. The number of anilines is 1. The van der Waals surface area contributed by atoms with E-state index in [4.69, 9.17) is 32.7 Å². The molecule has 0 aromatic heterocycles. The van der Waals surface area contributed by atoms with Gasteiger partial charge in [0, 0.05) is 6.07 Å². The molecule has 1 aromatic carbocycles. The zero-order valence-electron chi connectivity index (χ0n) is 9.13. The number of carbonyl (C=O) groups is 1. The molecule has 1 aliphatic heterocycles. The van der Waals surface area contributed by atoms with Gasteiger partial charge in [0.1, 0.15) is 5.75 Å². The Balaban J connectivity index is 2.18. The molecule has 92 valence electrons. The lowest BCUT2D eigenvalue weighted by Crippen LogP contribution is -2.38. The predicted octanol–water partition coefficient (Wildman–Crippen LogP) is 2.73. The van der Waals surface area contributed by atoms with Gasteiger partial charge in [-0.15, -0.1) is 0 Å². The topological polar surface area (TPSA) is 47.6 Å². The van der Waals surface area contributed by atoms with E-state index in [2.05, 4.69) is 5.32 Å². The Bertz CT molecular complexity index is 451. The Hall–Kier alpha value is -1.13. The lowest BCUT2D eigenvalue weighted by molar-refractivity contribution is -0.150. The molecule has 1 aliphatic rings. The smallest absolute Gasteiger partial charge is 0.349 e. The molecule has 1 heterocycles. The number of hydrogen-bond donors (Lipinski definition) is 1. The van der Waals surface area contributed by atoms with Crippen LogP contribution in [0, 0.1) is 0 Å². The largest absolute Gasteiger partial charge is 0.475 e. The maximum absolute atomic E-state index is 11.5. The maximum atomic E-state index is 11.5. The van der Waals surface area contributed by atoms with Gasteiger partial charge in [-0.05, 0) is 13.0 Å². The summed E-state index contributed by atoms with van der Waals surface area (Å²) >= 11 is 11.8. The number of benzene rings is 1. The first-order chi connectivity index (χ1) is 8.11. The van der Waals surface area contributed by atoms with Crippen molar-refractivity contribution in [3.63, 3.8) is 0 Å². The van der Waals surface area contributed by atoms with Gasteiger partial charge in [-0.2, -0.15) is 0 Å². The van der Waals surface area contributed by atoms with E-state index in [0.717, 1.165) is 5.69 Å². The molecule has 0 fully saturated rings. The summed E-state index contributed by atoms with van der Waals surface area (Å²) in [5.41, 5.74) is 0.722. The fourth-order valence-corrected chi connectivity index (χ4v) is 1.85. The monoisotopic (exact) mass is 275 g/mol. The van der Waals surface area contributed by atoms with Gasteiger partial charge in [0.2, 0.25) is 6.10 Å². The van der Waals surface area contributed by atoms with Gasteiger partial charge in [-0.25, -0.2) is 4.79 Å². The summed E-state index contributed by atoms with van der Waals surface area (Å²) in [6, 6.07) is 3.25. The van der Waals surface area contributed by atoms with Crippen molar-refractivity contribution in [2.75, 3.05) is 18.5 Å². The quantitative estimate of drug-likeness (QED) is 0.844. The van der Waals surface area contributed by atoms with Gasteiger partial charge in [0.25, 0.3) is 0 Å². The summed E-state index contributed by atoms with van der Waals surface area (Å²) in [5.74, 6) is 0.112. The van der Waals surface area contributed by atoms with Crippen LogP contribution in [-0.2, 0) is 9.53 Å². The molecule has 6 heteroatoms. The number of fused-ring (bicyclic) bond motifs is 1. The third-order valence-corrected chi connectivity index (χ3v) is 3.04. The van der Waals surface area contributed by atoms with E-state index in [1.165, 1.54) is 0 Å². The maximum Gasteiger partial charge on any atom is 0.349 e. The molecular weight excluding hydrogens is 265 g/mol. The van der Waals surface area contributed by atoms with Gasteiger partial charge in [-0.3, -0.25) is 0 Å². The normalized spacial score (nSPS) is 17.7. The van der Waals surface area contributed by atoms with E-state index in [9.17, 15) is 4.79 Å². The van der Waals surface area contributed by atoms with Crippen molar-refractivity contribution < 1.29 is 14.3 Å². The number of carbonyl (C=O) groups excluding carboxylic acids is 1. The highest BCUT2D eigenvalue weighted by molar-refractivity contribution is 6.42. The van der Waals surface area contributed by atoms with Gasteiger partial charge >= 0.3 is 5.97 Å². The van der Waals surface area contributed by atoms with Crippen LogP contribution in [0.1, 0.15) is 6.92 Å². The molecule has 1 unspecified atom stereocenters. The van der Waals surface area contributed by atoms with Gasteiger partial charge in [0.05, 0.1) is 28.9 Å². The summed E-state index contributed by atoms with van der Waals surface area (Å²) in [6.07, 6.45) is -0.653. The lowest BCUT2D eigenvalue weighted by Gasteiger charge is -2.26. The van der Waals surface area contributed by atoms with Crippen LogP contribution in [0.25, 0.3) is 0 Å². The number of esters is 1. The van der Waals surface area contributed by atoms with Crippen LogP contribution < -0.4 is 10.1 Å². The third kappa shape index (κ3) is 2.58. The molecular formula is C11H11Cl2NO3. The number of nitrogens with one attached hydrogen (secondary N) is 1. The highest BCUT2D eigenvalue weighted by atomic mass is 35.5. The fourth-order valence-electron chi connectivity index (χ4n) is 1.53. The van der Waals surface area contributed by atoms with Crippen molar-refractivity contribution in [1.82, 2.24) is 0 Å². The van der Waals surface area contributed by atoms with Crippen molar-refractivity contribution in [3.05, 3.63) is 22.2 Å². The van der Waals surface area contributed by atoms with Crippen LogP contribution in [0.4, 0.5) is 5.69 Å². The Labute approximate surface area is 109 Å². The number of ether oxygens (including phenoxy) is 2. The average molecular weight is 276 g/mol. The van der Waals surface area contributed by atoms with E-state index in [0.29, 0.717) is 28.9 Å². The fraction of sp³-hybridized carbons (Fsp3) is 0.364. The van der Waals surface area contributed by atoms with Crippen molar-refractivity contribution >= 4 is 34.9 Å². The number of halogens is 2. The van der Waals surface area contributed by atoms with E-state index in [1.807, 2.05) is 0 Å². The third-order valence-electron chi connectivity index (χ3n) is 2.32. The SMILES string of the molecule is CCOC(=O)C1CNc2cc(Cl)c(Cl)cc2O1. The standard InChI is InChI=1S/C11H11Cl2NO3/c1-2-16-11(15)10-5-14-8-3-6(12)7(13)4-9(8)17-10/h3-4,10,14H,2,5H2,1H3. The molecule has 0 aliphatic carbocycles. The predicted molar refractivity (Wildman–Crippen MR) is 66.0 cm³/mol. The lowest BCUT2D eigenvalue weighted by atomic mass is 10.2. The summed E-state index contributed by atoms with van der Waals surface area (Å²) in [7, 11) is 0. The average Bonchev–Trinajstić information content (AvgIpc) is 2.30. The molecule has 0 saturated carbocycles. The summed E-state index contributed by atoms with van der Waals surface area (Å²) in [6.45, 7) is 2.43. The Morgan fingerprint density at radius 1 is 1.53 bits per heavy atom. The van der Waals surface area contributed by atoms with E-state index in [1.54, 1.807) is 19.1 Å². The second kappa shape index (κ2) is 5.02. The van der Waals surface area contributed by atoms with Gasteiger partial charge < -0.3 is 14.8 Å².